The van der Waals surface area contributed by atoms with Gasteiger partial charge in [0, 0.05) is 63.4 Å². The Morgan fingerprint density at radius 1 is 1.17 bits per heavy atom. The molecular weight excluding hydrogens is 369 g/mol. The van der Waals surface area contributed by atoms with Gasteiger partial charge in [-0.05, 0) is 43.1 Å². The van der Waals surface area contributed by atoms with Crippen molar-refractivity contribution in [3.05, 3.63) is 54.2 Å². The molecular formula is C21H28FN7. The summed E-state index contributed by atoms with van der Waals surface area (Å²) in [5, 5.41) is 3.07. The minimum Gasteiger partial charge on any atom is -0.404 e. The van der Waals surface area contributed by atoms with Gasteiger partial charge in [-0.1, -0.05) is 0 Å². The number of likely N-dealkylation sites (N-methyl/N-ethyl adjacent to an activating group) is 1. The van der Waals surface area contributed by atoms with E-state index in [9.17, 15) is 4.39 Å². The van der Waals surface area contributed by atoms with Gasteiger partial charge in [-0.2, -0.15) is 0 Å². The number of piperazine rings is 1. The van der Waals surface area contributed by atoms with Crippen LogP contribution in [0.4, 0.5) is 10.2 Å². The lowest BCUT2D eigenvalue weighted by atomic mass is 10.1. The molecule has 0 radical (unpaired) electrons. The minimum atomic E-state index is -0.258. The molecule has 2 heterocycles. The van der Waals surface area contributed by atoms with Gasteiger partial charge in [-0.3, -0.25) is 14.9 Å². The Morgan fingerprint density at radius 3 is 2.59 bits per heavy atom. The predicted molar refractivity (Wildman–Crippen MR) is 116 cm³/mol. The lowest BCUT2D eigenvalue weighted by molar-refractivity contribution is 0.280. The molecule has 8 heteroatoms. The van der Waals surface area contributed by atoms with E-state index in [-0.39, 0.29) is 5.82 Å². The summed E-state index contributed by atoms with van der Waals surface area (Å²) in [6.45, 7) is 5.81. The van der Waals surface area contributed by atoms with Crippen molar-refractivity contribution in [1.82, 2.24) is 20.2 Å². The Morgan fingerprint density at radius 2 is 1.90 bits per heavy atom. The Bertz CT molecular complexity index is 827. The molecule has 0 bridgehead atoms. The van der Waals surface area contributed by atoms with Crippen LogP contribution in [0.5, 0.6) is 0 Å². The molecule has 0 spiro atoms. The van der Waals surface area contributed by atoms with Gasteiger partial charge in [0.05, 0.1) is 6.54 Å². The average molecular weight is 398 g/mol. The second kappa shape index (κ2) is 10.6. The summed E-state index contributed by atoms with van der Waals surface area (Å²) in [4.78, 5) is 18.0. The van der Waals surface area contributed by atoms with Crippen molar-refractivity contribution in [2.45, 2.75) is 0 Å². The summed E-state index contributed by atoms with van der Waals surface area (Å²) >= 11 is 0. The number of rotatable bonds is 8. The summed E-state index contributed by atoms with van der Waals surface area (Å²) in [6, 6.07) is 6.38. The third-order valence-electron chi connectivity index (χ3n) is 4.84. The van der Waals surface area contributed by atoms with E-state index in [1.54, 1.807) is 30.7 Å². The van der Waals surface area contributed by atoms with E-state index in [1.807, 2.05) is 13.3 Å². The molecule has 0 aliphatic carbocycles. The van der Waals surface area contributed by atoms with Gasteiger partial charge in [-0.15, -0.1) is 0 Å². The highest BCUT2D eigenvalue weighted by Gasteiger charge is 2.21. The fourth-order valence-electron chi connectivity index (χ4n) is 3.24. The molecule has 0 amide bonds. The molecule has 1 aromatic heterocycles. The number of hydrogen-bond donors (Lipinski definition) is 2. The number of nitrogens with two attached hydrogens (primary N) is 1. The average Bonchev–Trinajstić information content (AvgIpc) is 2.77. The van der Waals surface area contributed by atoms with Crippen LogP contribution in [0.15, 0.2) is 53.4 Å². The third-order valence-corrected chi connectivity index (χ3v) is 4.84. The van der Waals surface area contributed by atoms with Gasteiger partial charge in [0.25, 0.3) is 0 Å². The molecule has 0 unspecified atom stereocenters. The Balaban J connectivity index is 1.61. The fourth-order valence-corrected chi connectivity index (χ4v) is 3.24. The number of nitrogens with one attached hydrogen (secondary N) is 1. The van der Waals surface area contributed by atoms with Crippen LogP contribution >= 0.6 is 0 Å². The highest BCUT2D eigenvalue weighted by Crippen LogP contribution is 2.27. The van der Waals surface area contributed by atoms with E-state index in [1.165, 1.54) is 12.1 Å². The van der Waals surface area contributed by atoms with Crippen LogP contribution in [-0.2, 0) is 0 Å². The maximum Gasteiger partial charge on any atom is 0.155 e. The van der Waals surface area contributed by atoms with E-state index in [0.717, 1.165) is 68.5 Å². The maximum atomic E-state index is 13.3. The van der Waals surface area contributed by atoms with Crippen molar-refractivity contribution >= 4 is 12.0 Å². The van der Waals surface area contributed by atoms with Gasteiger partial charge < -0.3 is 16.0 Å². The number of anilines is 1. The first-order valence-electron chi connectivity index (χ1n) is 9.80. The molecule has 29 heavy (non-hydrogen) atoms. The molecule has 3 rings (SSSR count). The normalized spacial score (nSPS) is 15.9. The smallest absolute Gasteiger partial charge is 0.155 e. The van der Waals surface area contributed by atoms with Gasteiger partial charge in [-0.25, -0.2) is 9.37 Å². The lowest BCUT2D eigenvalue weighted by Crippen LogP contribution is -2.47. The van der Waals surface area contributed by atoms with Crippen LogP contribution in [0, 0.1) is 5.82 Å². The molecule has 1 aliphatic rings. The first-order chi connectivity index (χ1) is 14.2. The van der Waals surface area contributed by atoms with E-state index in [2.05, 4.69) is 30.1 Å². The molecule has 0 saturated carbocycles. The van der Waals surface area contributed by atoms with Gasteiger partial charge in [0.2, 0.25) is 0 Å². The SMILES string of the molecule is CNCCN=C/C(=C\N)CN1CCN(c2nccnc2-c2ccc(F)cc2)CC1. The molecule has 0 atom stereocenters. The fraction of sp³-hybridized carbons (Fsp3) is 0.381. The molecule has 1 aromatic carbocycles. The van der Waals surface area contributed by atoms with Crippen LogP contribution < -0.4 is 16.0 Å². The minimum absolute atomic E-state index is 0.258. The van der Waals surface area contributed by atoms with Gasteiger partial charge in [0.15, 0.2) is 5.82 Å². The topological polar surface area (TPSA) is 82.7 Å². The highest BCUT2D eigenvalue weighted by molar-refractivity contribution is 5.79. The van der Waals surface area contributed by atoms with Crippen LogP contribution in [0.3, 0.4) is 0 Å². The van der Waals surface area contributed by atoms with Crippen molar-refractivity contribution in [3.8, 4) is 11.3 Å². The van der Waals surface area contributed by atoms with Crippen LogP contribution in [0.1, 0.15) is 0 Å². The molecule has 3 N–H and O–H groups in total. The summed E-state index contributed by atoms with van der Waals surface area (Å²) in [6.07, 6.45) is 6.86. The second-order valence-electron chi connectivity index (χ2n) is 6.88. The van der Waals surface area contributed by atoms with E-state index >= 15 is 0 Å². The number of benzene rings is 1. The standard InChI is InChI=1S/C21H28FN7/c1-24-6-7-25-15-17(14-23)16-28-10-12-29(13-11-28)21-20(26-8-9-27-21)18-2-4-19(22)5-3-18/h2-5,8-9,14-15,24H,6-7,10-13,16,23H2,1H3/b17-14+,25-15?. The highest BCUT2D eigenvalue weighted by atomic mass is 19.1. The molecule has 1 saturated heterocycles. The van der Waals surface area contributed by atoms with Crippen molar-refractivity contribution in [2.75, 3.05) is 57.8 Å². The Hall–Kier alpha value is -2.84. The molecule has 1 fully saturated rings. The van der Waals surface area contributed by atoms with Crippen LogP contribution in [-0.4, -0.2) is 73.9 Å². The predicted octanol–water partition coefficient (Wildman–Crippen LogP) is 1.54. The Labute approximate surface area is 171 Å². The monoisotopic (exact) mass is 397 g/mol. The van der Waals surface area contributed by atoms with E-state index in [4.69, 9.17) is 5.73 Å². The second-order valence-corrected chi connectivity index (χ2v) is 6.88. The molecule has 2 aromatic rings. The molecule has 7 nitrogen and oxygen atoms in total. The molecule has 154 valence electrons. The zero-order valence-corrected chi connectivity index (χ0v) is 16.8. The van der Waals surface area contributed by atoms with Crippen LogP contribution in [0.2, 0.25) is 0 Å². The van der Waals surface area contributed by atoms with Crippen molar-refractivity contribution in [3.63, 3.8) is 0 Å². The third kappa shape index (κ3) is 5.82. The van der Waals surface area contributed by atoms with E-state index < -0.39 is 0 Å². The van der Waals surface area contributed by atoms with Gasteiger partial charge >= 0.3 is 0 Å². The van der Waals surface area contributed by atoms with Crippen molar-refractivity contribution in [2.24, 2.45) is 10.7 Å². The van der Waals surface area contributed by atoms with Crippen molar-refractivity contribution < 1.29 is 4.39 Å². The lowest BCUT2D eigenvalue weighted by Gasteiger charge is -2.36. The number of nitrogens with zero attached hydrogens (tertiary/aromatic N) is 5. The largest absolute Gasteiger partial charge is 0.404 e. The first kappa shape index (κ1) is 20.9. The summed E-state index contributed by atoms with van der Waals surface area (Å²) in [5.41, 5.74) is 8.42. The van der Waals surface area contributed by atoms with Crippen molar-refractivity contribution in [1.29, 1.82) is 0 Å². The number of aromatic nitrogens is 2. The first-order valence-corrected chi connectivity index (χ1v) is 9.80. The Kier molecular flexibility index (Phi) is 7.66. The zero-order chi connectivity index (χ0) is 20.5. The van der Waals surface area contributed by atoms with Gasteiger partial charge in [0.1, 0.15) is 11.5 Å². The number of aliphatic imine (C=N–C) groups is 1. The van der Waals surface area contributed by atoms with Crippen LogP contribution in [0.25, 0.3) is 11.3 Å². The number of hydrogen-bond acceptors (Lipinski definition) is 7. The van der Waals surface area contributed by atoms with E-state index in [0.29, 0.717) is 0 Å². The number of halogens is 1. The quantitative estimate of drug-likeness (QED) is 0.519. The summed E-state index contributed by atoms with van der Waals surface area (Å²) < 4.78 is 13.3. The summed E-state index contributed by atoms with van der Waals surface area (Å²) in [7, 11) is 1.91. The summed E-state index contributed by atoms with van der Waals surface area (Å²) in [5.74, 6) is 0.577. The maximum absolute atomic E-state index is 13.3. The zero-order valence-electron chi connectivity index (χ0n) is 16.8. The molecule has 1 aliphatic heterocycles.